The van der Waals surface area contributed by atoms with Crippen molar-refractivity contribution in [2.45, 2.75) is 46.6 Å². The standard InChI is InChI=1S/C20H24O6/c1-5-6-7-8-12-23-18-17-15(24-13(2)3)10-9-11-16(17)26-20(22)19(18)25-14(4)21/h6-7,9-11,13H,5,8,12H2,1-4H3. The molecule has 0 aliphatic carbocycles. The van der Waals surface area contributed by atoms with Crippen LogP contribution in [0, 0.1) is 0 Å². The molecule has 140 valence electrons. The highest BCUT2D eigenvalue weighted by molar-refractivity contribution is 5.92. The molecule has 26 heavy (non-hydrogen) atoms. The van der Waals surface area contributed by atoms with Crippen molar-refractivity contribution in [3.05, 3.63) is 40.8 Å². The van der Waals surface area contributed by atoms with E-state index in [4.69, 9.17) is 18.6 Å². The van der Waals surface area contributed by atoms with Gasteiger partial charge in [0, 0.05) is 6.92 Å². The van der Waals surface area contributed by atoms with Crippen molar-refractivity contribution in [3.63, 3.8) is 0 Å². The van der Waals surface area contributed by atoms with Gasteiger partial charge in [-0.25, -0.2) is 4.79 Å². The molecule has 0 saturated heterocycles. The van der Waals surface area contributed by atoms with Crippen molar-refractivity contribution < 1.29 is 23.4 Å². The quantitative estimate of drug-likeness (QED) is 0.303. The van der Waals surface area contributed by atoms with E-state index in [-0.39, 0.29) is 17.6 Å². The Bertz CT molecular complexity index is 847. The maximum atomic E-state index is 12.3. The largest absolute Gasteiger partial charge is 0.490 e. The summed E-state index contributed by atoms with van der Waals surface area (Å²) in [4.78, 5) is 23.7. The van der Waals surface area contributed by atoms with E-state index in [9.17, 15) is 9.59 Å². The summed E-state index contributed by atoms with van der Waals surface area (Å²) in [5.41, 5.74) is -0.461. The lowest BCUT2D eigenvalue weighted by Gasteiger charge is -2.16. The van der Waals surface area contributed by atoms with E-state index in [2.05, 4.69) is 0 Å². The Balaban J connectivity index is 2.57. The van der Waals surface area contributed by atoms with Crippen LogP contribution in [0.5, 0.6) is 17.2 Å². The molecule has 2 rings (SSSR count). The highest BCUT2D eigenvalue weighted by atomic mass is 16.6. The Labute approximate surface area is 152 Å². The summed E-state index contributed by atoms with van der Waals surface area (Å²) in [6.45, 7) is 7.36. The van der Waals surface area contributed by atoms with E-state index in [1.165, 1.54) is 6.92 Å². The summed E-state index contributed by atoms with van der Waals surface area (Å²) in [7, 11) is 0. The van der Waals surface area contributed by atoms with Crippen LogP contribution in [-0.2, 0) is 4.79 Å². The number of fused-ring (bicyclic) bond motifs is 1. The minimum Gasteiger partial charge on any atom is -0.490 e. The van der Waals surface area contributed by atoms with Crippen molar-refractivity contribution in [2.75, 3.05) is 6.61 Å². The third-order valence-electron chi connectivity index (χ3n) is 3.35. The van der Waals surface area contributed by atoms with Crippen LogP contribution in [0.2, 0.25) is 0 Å². The maximum absolute atomic E-state index is 12.3. The topological polar surface area (TPSA) is 75.0 Å². The first-order valence-electron chi connectivity index (χ1n) is 8.66. The number of carbonyl (C=O) groups excluding carboxylic acids is 1. The Hall–Kier alpha value is -2.76. The van der Waals surface area contributed by atoms with Gasteiger partial charge < -0.3 is 18.6 Å². The summed E-state index contributed by atoms with van der Waals surface area (Å²) in [6, 6.07) is 5.12. The van der Waals surface area contributed by atoms with Gasteiger partial charge in [-0.05, 0) is 38.8 Å². The number of benzene rings is 1. The van der Waals surface area contributed by atoms with E-state index in [1.807, 2.05) is 32.9 Å². The summed E-state index contributed by atoms with van der Waals surface area (Å²) >= 11 is 0. The predicted octanol–water partition coefficient (Wildman–Crippen LogP) is 4.24. The summed E-state index contributed by atoms with van der Waals surface area (Å²) in [6.07, 6.45) is 5.52. The molecule has 0 amide bonds. The van der Waals surface area contributed by atoms with Gasteiger partial charge in [0.1, 0.15) is 16.7 Å². The molecule has 0 spiro atoms. The van der Waals surface area contributed by atoms with Crippen LogP contribution < -0.4 is 19.8 Å². The normalized spacial score (nSPS) is 11.3. The third kappa shape index (κ3) is 4.88. The van der Waals surface area contributed by atoms with Crippen LogP contribution in [0.25, 0.3) is 11.0 Å². The van der Waals surface area contributed by atoms with Crippen molar-refractivity contribution in [1.82, 2.24) is 0 Å². The van der Waals surface area contributed by atoms with Gasteiger partial charge in [-0.2, -0.15) is 0 Å². The van der Waals surface area contributed by atoms with Gasteiger partial charge in [-0.1, -0.05) is 25.1 Å². The number of rotatable bonds is 8. The molecular weight excluding hydrogens is 336 g/mol. The fourth-order valence-corrected chi connectivity index (χ4v) is 2.41. The molecule has 1 heterocycles. The van der Waals surface area contributed by atoms with Crippen LogP contribution in [-0.4, -0.2) is 18.7 Å². The third-order valence-corrected chi connectivity index (χ3v) is 3.35. The molecule has 6 nitrogen and oxygen atoms in total. The molecule has 0 unspecified atom stereocenters. The lowest BCUT2D eigenvalue weighted by molar-refractivity contribution is -0.132. The first kappa shape index (κ1) is 19.6. The Kier molecular flexibility index (Phi) is 6.83. The van der Waals surface area contributed by atoms with Gasteiger partial charge in [0.25, 0.3) is 5.75 Å². The second-order valence-corrected chi connectivity index (χ2v) is 5.95. The molecule has 0 radical (unpaired) electrons. The molecular formula is C20H24O6. The second-order valence-electron chi connectivity index (χ2n) is 5.95. The molecule has 0 atom stereocenters. The molecule has 0 aliphatic rings. The second kappa shape index (κ2) is 9.08. The highest BCUT2D eigenvalue weighted by Gasteiger charge is 2.22. The molecule has 0 bridgehead atoms. The van der Waals surface area contributed by atoms with Crippen molar-refractivity contribution in [1.29, 1.82) is 0 Å². The van der Waals surface area contributed by atoms with Gasteiger partial charge in [-0.15, -0.1) is 0 Å². The first-order valence-corrected chi connectivity index (χ1v) is 8.66. The Morgan fingerprint density at radius 2 is 2.00 bits per heavy atom. The monoisotopic (exact) mass is 360 g/mol. The molecule has 1 aromatic heterocycles. The smallest absolute Gasteiger partial charge is 0.383 e. The molecule has 2 aromatic rings. The summed E-state index contributed by atoms with van der Waals surface area (Å²) in [5, 5.41) is 0.469. The van der Waals surface area contributed by atoms with Gasteiger partial charge >= 0.3 is 11.6 Å². The average molecular weight is 360 g/mol. The van der Waals surface area contributed by atoms with Crippen LogP contribution in [0.3, 0.4) is 0 Å². The molecule has 0 N–H and O–H groups in total. The number of allylic oxidation sites excluding steroid dienone is 1. The predicted molar refractivity (Wildman–Crippen MR) is 99.1 cm³/mol. The lowest BCUT2D eigenvalue weighted by atomic mass is 10.2. The summed E-state index contributed by atoms with van der Waals surface area (Å²) < 4.78 is 22.0. The van der Waals surface area contributed by atoms with E-state index in [1.54, 1.807) is 18.2 Å². The lowest BCUT2D eigenvalue weighted by Crippen LogP contribution is -2.14. The molecule has 0 fully saturated rings. The molecule has 1 aromatic carbocycles. The van der Waals surface area contributed by atoms with Crippen LogP contribution in [0.15, 0.2) is 39.6 Å². The van der Waals surface area contributed by atoms with E-state index < -0.39 is 11.6 Å². The van der Waals surface area contributed by atoms with Crippen molar-refractivity contribution in [3.8, 4) is 17.2 Å². The fraction of sp³-hybridized carbons (Fsp3) is 0.400. The van der Waals surface area contributed by atoms with Gasteiger partial charge in [0.05, 0.1) is 12.7 Å². The highest BCUT2D eigenvalue weighted by Crippen LogP contribution is 2.39. The number of carbonyl (C=O) groups is 1. The van der Waals surface area contributed by atoms with Crippen molar-refractivity contribution >= 4 is 16.9 Å². The molecule has 0 saturated carbocycles. The van der Waals surface area contributed by atoms with Crippen LogP contribution in [0.1, 0.15) is 40.5 Å². The number of esters is 1. The number of ether oxygens (including phenoxy) is 3. The average Bonchev–Trinajstić information content (AvgIpc) is 2.56. The zero-order chi connectivity index (χ0) is 19.1. The summed E-state index contributed by atoms with van der Waals surface area (Å²) in [5.74, 6) is -0.236. The first-order chi connectivity index (χ1) is 12.4. The van der Waals surface area contributed by atoms with E-state index >= 15 is 0 Å². The molecule has 6 heteroatoms. The number of hydrogen-bond donors (Lipinski definition) is 0. The van der Waals surface area contributed by atoms with Gasteiger partial charge in [0.2, 0.25) is 0 Å². The van der Waals surface area contributed by atoms with Crippen molar-refractivity contribution in [2.24, 2.45) is 0 Å². The van der Waals surface area contributed by atoms with Crippen LogP contribution in [0.4, 0.5) is 0 Å². The number of hydrogen-bond acceptors (Lipinski definition) is 6. The zero-order valence-corrected chi connectivity index (χ0v) is 15.5. The van der Waals surface area contributed by atoms with E-state index in [0.29, 0.717) is 29.7 Å². The van der Waals surface area contributed by atoms with Gasteiger partial charge in [0.15, 0.2) is 5.75 Å². The fourth-order valence-electron chi connectivity index (χ4n) is 2.41. The van der Waals surface area contributed by atoms with E-state index in [0.717, 1.165) is 6.42 Å². The zero-order valence-electron chi connectivity index (χ0n) is 15.5. The minimum absolute atomic E-state index is 0.0926. The Morgan fingerprint density at radius 1 is 1.23 bits per heavy atom. The van der Waals surface area contributed by atoms with Gasteiger partial charge in [-0.3, -0.25) is 4.79 Å². The van der Waals surface area contributed by atoms with Crippen LogP contribution >= 0.6 is 0 Å². The molecule has 0 aliphatic heterocycles. The Morgan fingerprint density at radius 3 is 2.65 bits per heavy atom. The maximum Gasteiger partial charge on any atom is 0.383 e. The minimum atomic E-state index is -0.770. The SMILES string of the molecule is CCC=CCCOc1c(OC(C)=O)c(=O)oc2cccc(OC(C)C)c12.